The van der Waals surface area contributed by atoms with Crippen molar-refractivity contribution in [3.05, 3.63) is 11.8 Å². The maximum Gasteiger partial charge on any atom is 0.263 e. The molecule has 0 aromatic rings. The first-order valence-corrected chi connectivity index (χ1v) is 6.87. The standard InChI is InChI=1S/C12H20ClN5O/c13-1-3-16-12(19)11(9-15)10-18-7-5-17(4-2-14)6-8-18/h10H,1-8,14H2,(H,16,19)/b11-10-. The molecule has 6 nitrogen and oxygen atoms in total. The molecule has 0 atom stereocenters. The van der Waals surface area contributed by atoms with Crippen LogP contribution in [0.4, 0.5) is 0 Å². The molecule has 1 heterocycles. The number of carbonyl (C=O) groups excluding carboxylic acids is 1. The number of nitriles is 1. The molecular formula is C12H20ClN5O. The minimum Gasteiger partial charge on any atom is -0.374 e. The molecule has 0 aromatic carbocycles. The lowest BCUT2D eigenvalue weighted by Gasteiger charge is -2.33. The molecule has 0 saturated carbocycles. The number of rotatable bonds is 6. The van der Waals surface area contributed by atoms with Crippen LogP contribution in [-0.4, -0.2) is 67.4 Å². The number of piperazine rings is 1. The van der Waals surface area contributed by atoms with Crippen molar-refractivity contribution in [3.63, 3.8) is 0 Å². The molecule has 19 heavy (non-hydrogen) atoms. The highest BCUT2D eigenvalue weighted by Gasteiger charge is 2.16. The number of carbonyl (C=O) groups is 1. The normalized spacial score (nSPS) is 17.1. The lowest BCUT2D eigenvalue weighted by atomic mass is 10.2. The van der Waals surface area contributed by atoms with Crippen LogP contribution in [0.3, 0.4) is 0 Å². The zero-order valence-corrected chi connectivity index (χ0v) is 11.7. The van der Waals surface area contributed by atoms with Crippen LogP contribution < -0.4 is 11.1 Å². The Morgan fingerprint density at radius 1 is 1.42 bits per heavy atom. The zero-order chi connectivity index (χ0) is 14.1. The second-order valence-electron chi connectivity index (χ2n) is 4.27. The smallest absolute Gasteiger partial charge is 0.263 e. The van der Waals surface area contributed by atoms with Crippen LogP contribution in [-0.2, 0) is 4.79 Å². The highest BCUT2D eigenvalue weighted by Crippen LogP contribution is 2.04. The summed E-state index contributed by atoms with van der Waals surface area (Å²) in [5, 5.41) is 11.6. The Balaban J connectivity index is 2.49. The molecule has 1 aliphatic heterocycles. The van der Waals surface area contributed by atoms with Crippen molar-refractivity contribution in [2.45, 2.75) is 0 Å². The third kappa shape index (κ3) is 5.47. The van der Waals surface area contributed by atoms with Gasteiger partial charge in [-0.1, -0.05) is 0 Å². The zero-order valence-electron chi connectivity index (χ0n) is 10.9. The number of hydrogen-bond donors (Lipinski definition) is 2. The van der Waals surface area contributed by atoms with Gasteiger partial charge < -0.3 is 16.0 Å². The number of nitrogens with zero attached hydrogens (tertiary/aromatic N) is 3. The van der Waals surface area contributed by atoms with E-state index in [0.717, 1.165) is 32.7 Å². The van der Waals surface area contributed by atoms with Crippen molar-refractivity contribution >= 4 is 17.5 Å². The summed E-state index contributed by atoms with van der Waals surface area (Å²) in [6.45, 7) is 5.30. The quantitative estimate of drug-likeness (QED) is 0.384. The lowest BCUT2D eigenvalue weighted by Crippen LogP contribution is -2.46. The van der Waals surface area contributed by atoms with Crippen molar-refractivity contribution in [1.82, 2.24) is 15.1 Å². The third-order valence-corrected chi connectivity index (χ3v) is 3.10. The van der Waals surface area contributed by atoms with Gasteiger partial charge in [0.2, 0.25) is 0 Å². The minimum absolute atomic E-state index is 0.123. The summed E-state index contributed by atoms with van der Waals surface area (Å²) in [6, 6.07) is 1.93. The Bertz CT molecular complexity index is 358. The maximum absolute atomic E-state index is 11.7. The molecule has 0 aromatic heterocycles. The fourth-order valence-corrected chi connectivity index (χ4v) is 1.97. The van der Waals surface area contributed by atoms with E-state index in [-0.39, 0.29) is 11.5 Å². The molecule has 3 N–H and O–H groups in total. The maximum atomic E-state index is 11.7. The molecule has 0 aliphatic carbocycles. The van der Waals surface area contributed by atoms with Crippen molar-refractivity contribution in [1.29, 1.82) is 5.26 Å². The van der Waals surface area contributed by atoms with Gasteiger partial charge in [0, 0.05) is 57.9 Å². The minimum atomic E-state index is -0.368. The van der Waals surface area contributed by atoms with Gasteiger partial charge in [0.15, 0.2) is 0 Å². The summed E-state index contributed by atoms with van der Waals surface area (Å²) < 4.78 is 0. The molecule has 106 valence electrons. The fourth-order valence-electron chi connectivity index (χ4n) is 1.88. The van der Waals surface area contributed by atoms with E-state index < -0.39 is 0 Å². The molecule has 0 bridgehead atoms. The van der Waals surface area contributed by atoms with Crippen LogP contribution in [0.25, 0.3) is 0 Å². The Morgan fingerprint density at radius 3 is 2.63 bits per heavy atom. The number of amides is 1. The highest BCUT2D eigenvalue weighted by molar-refractivity contribution is 6.18. The van der Waals surface area contributed by atoms with Gasteiger partial charge in [-0.05, 0) is 0 Å². The van der Waals surface area contributed by atoms with E-state index in [1.165, 1.54) is 0 Å². The van der Waals surface area contributed by atoms with E-state index in [1.807, 2.05) is 11.0 Å². The van der Waals surface area contributed by atoms with Crippen LogP contribution in [0.1, 0.15) is 0 Å². The molecule has 1 amide bonds. The van der Waals surface area contributed by atoms with Crippen molar-refractivity contribution in [3.8, 4) is 6.07 Å². The van der Waals surface area contributed by atoms with Gasteiger partial charge in [0.05, 0.1) is 0 Å². The van der Waals surface area contributed by atoms with Gasteiger partial charge in [-0.25, -0.2) is 0 Å². The first-order chi connectivity index (χ1) is 9.21. The predicted molar refractivity (Wildman–Crippen MR) is 74.5 cm³/mol. The number of hydrogen-bond acceptors (Lipinski definition) is 5. The Kier molecular flexibility index (Phi) is 7.26. The number of halogens is 1. The summed E-state index contributed by atoms with van der Waals surface area (Å²) in [7, 11) is 0. The first kappa shape index (κ1) is 15.8. The van der Waals surface area contributed by atoms with Crippen LogP contribution in [0.5, 0.6) is 0 Å². The first-order valence-electron chi connectivity index (χ1n) is 6.33. The van der Waals surface area contributed by atoms with Crippen LogP contribution in [0.2, 0.25) is 0 Å². The van der Waals surface area contributed by atoms with Gasteiger partial charge in [0.1, 0.15) is 11.6 Å². The average Bonchev–Trinajstić information content (AvgIpc) is 2.44. The average molecular weight is 286 g/mol. The van der Waals surface area contributed by atoms with E-state index in [9.17, 15) is 4.79 Å². The molecule has 1 rings (SSSR count). The largest absolute Gasteiger partial charge is 0.374 e. The van der Waals surface area contributed by atoms with Crippen molar-refractivity contribution < 1.29 is 4.79 Å². The summed E-state index contributed by atoms with van der Waals surface area (Å²) in [5.74, 6) is -0.0325. The topological polar surface area (TPSA) is 85.4 Å². The van der Waals surface area contributed by atoms with Crippen LogP contribution in [0, 0.1) is 11.3 Å². The molecule has 1 aliphatic rings. The van der Waals surface area contributed by atoms with Gasteiger partial charge >= 0.3 is 0 Å². The fraction of sp³-hybridized carbons (Fsp3) is 0.667. The molecule has 1 saturated heterocycles. The Hall–Kier alpha value is -1.29. The van der Waals surface area contributed by atoms with Crippen LogP contribution in [0.15, 0.2) is 11.8 Å². The molecular weight excluding hydrogens is 266 g/mol. The van der Waals surface area contributed by atoms with Crippen molar-refractivity contribution in [2.24, 2.45) is 5.73 Å². The number of nitrogens with one attached hydrogen (secondary N) is 1. The molecule has 7 heteroatoms. The Morgan fingerprint density at radius 2 is 2.11 bits per heavy atom. The molecule has 0 unspecified atom stereocenters. The second-order valence-corrected chi connectivity index (χ2v) is 4.64. The van der Waals surface area contributed by atoms with Crippen LogP contribution >= 0.6 is 11.6 Å². The molecule has 0 radical (unpaired) electrons. The summed E-state index contributed by atoms with van der Waals surface area (Å²) in [6.07, 6.45) is 1.63. The number of alkyl halides is 1. The molecule has 0 spiro atoms. The van der Waals surface area contributed by atoms with Gasteiger partial charge in [-0.2, -0.15) is 5.26 Å². The summed E-state index contributed by atoms with van der Waals surface area (Å²) >= 11 is 5.49. The van der Waals surface area contributed by atoms with Gasteiger partial charge in [-0.15, -0.1) is 11.6 Å². The summed E-state index contributed by atoms with van der Waals surface area (Å²) in [4.78, 5) is 15.9. The van der Waals surface area contributed by atoms with E-state index in [4.69, 9.17) is 22.6 Å². The SMILES string of the molecule is N#C/C(=C/N1CCN(CCN)CC1)C(=O)NCCCl. The Labute approximate surface area is 118 Å². The summed E-state index contributed by atoms with van der Waals surface area (Å²) in [5.41, 5.74) is 5.63. The second kappa shape index (κ2) is 8.75. The van der Waals surface area contributed by atoms with Crippen molar-refractivity contribution in [2.75, 3.05) is 51.7 Å². The monoisotopic (exact) mass is 285 g/mol. The van der Waals surface area contributed by atoms with Gasteiger partial charge in [0.25, 0.3) is 5.91 Å². The predicted octanol–water partition coefficient (Wildman–Crippen LogP) is -0.675. The lowest BCUT2D eigenvalue weighted by molar-refractivity contribution is -0.117. The van der Waals surface area contributed by atoms with E-state index >= 15 is 0 Å². The van der Waals surface area contributed by atoms with E-state index in [2.05, 4.69) is 10.2 Å². The molecule has 1 fully saturated rings. The number of nitrogens with two attached hydrogens (primary N) is 1. The third-order valence-electron chi connectivity index (χ3n) is 2.91. The van der Waals surface area contributed by atoms with E-state index in [0.29, 0.717) is 19.0 Å². The highest BCUT2D eigenvalue weighted by atomic mass is 35.5. The van der Waals surface area contributed by atoms with Gasteiger partial charge in [-0.3, -0.25) is 9.69 Å². The van der Waals surface area contributed by atoms with E-state index in [1.54, 1.807) is 6.20 Å².